The predicted molar refractivity (Wildman–Crippen MR) is 42.9 cm³/mol. The molecule has 0 N–H and O–H groups in total. The zero-order valence-electron chi connectivity index (χ0n) is 6.63. The molecule has 1 unspecified atom stereocenters. The molecule has 1 nitrogen and oxygen atoms in total. The predicted octanol–water partition coefficient (Wildman–Crippen LogP) is 2.16. The highest BCUT2D eigenvalue weighted by Crippen LogP contribution is 2.15. The molecule has 0 spiro atoms. The number of allylic oxidation sites excluding steroid dienone is 2. The number of methoxy groups -OCH3 is 1. The first kappa shape index (κ1) is 7.55. The zero-order valence-corrected chi connectivity index (χ0v) is 6.63. The van der Waals surface area contributed by atoms with Crippen molar-refractivity contribution in [1.29, 1.82) is 0 Å². The maximum Gasteiger partial charge on any atom is 0.0710 e. The van der Waals surface area contributed by atoms with Gasteiger partial charge in [-0.3, -0.25) is 0 Å². The molecule has 0 amide bonds. The number of ether oxygens (including phenoxy) is 1. The summed E-state index contributed by atoms with van der Waals surface area (Å²) in [5.41, 5.74) is 1.31. The largest absolute Gasteiger partial charge is 0.380 e. The van der Waals surface area contributed by atoms with Crippen LogP contribution in [0.15, 0.2) is 23.8 Å². The molecule has 10 heavy (non-hydrogen) atoms. The van der Waals surface area contributed by atoms with Gasteiger partial charge in [-0.05, 0) is 17.9 Å². The normalized spacial score (nSPS) is 24.6. The number of hydrogen-bond acceptors (Lipinski definition) is 1. The maximum atomic E-state index is 5.01. The van der Waals surface area contributed by atoms with Crippen LogP contribution in [0.5, 0.6) is 0 Å². The second kappa shape index (κ2) is 3.57. The van der Waals surface area contributed by atoms with E-state index < -0.39 is 0 Å². The van der Waals surface area contributed by atoms with Crippen LogP contribution >= 0.6 is 0 Å². The molecule has 0 aromatic carbocycles. The van der Waals surface area contributed by atoms with E-state index in [1.165, 1.54) is 12.0 Å². The van der Waals surface area contributed by atoms with Crippen LogP contribution in [0.1, 0.15) is 13.3 Å². The second-order valence-electron chi connectivity index (χ2n) is 2.79. The summed E-state index contributed by atoms with van der Waals surface area (Å²) in [5, 5.41) is 0. The summed E-state index contributed by atoms with van der Waals surface area (Å²) in [7, 11) is 1.73. The fraction of sp³-hybridized carbons (Fsp3) is 0.556. The molecule has 0 fully saturated rings. The fourth-order valence-corrected chi connectivity index (χ4v) is 1.19. The van der Waals surface area contributed by atoms with Crippen LogP contribution in [0.4, 0.5) is 0 Å². The van der Waals surface area contributed by atoms with Crippen LogP contribution in [0.25, 0.3) is 0 Å². The van der Waals surface area contributed by atoms with Crippen molar-refractivity contribution in [2.24, 2.45) is 5.92 Å². The number of hydrogen-bond donors (Lipinski definition) is 0. The lowest BCUT2D eigenvalue weighted by Crippen LogP contribution is -1.99. The first-order valence-electron chi connectivity index (χ1n) is 3.69. The van der Waals surface area contributed by atoms with E-state index in [1.54, 1.807) is 7.11 Å². The average Bonchev–Trinajstić information content (AvgIpc) is 1.88. The third kappa shape index (κ3) is 1.99. The van der Waals surface area contributed by atoms with Gasteiger partial charge in [0.2, 0.25) is 0 Å². The third-order valence-electron chi connectivity index (χ3n) is 1.65. The van der Waals surface area contributed by atoms with Crippen LogP contribution in [0, 0.1) is 5.92 Å². The van der Waals surface area contributed by atoms with Crippen molar-refractivity contribution >= 4 is 0 Å². The molecule has 1 aliphatic rings. The highest BCUT2D eigenvalue weighted by molar-refractivity contribution is 5.23. The van der Waals surface area contributed by atoms with Crippen LogP contribution in [0.2, 0.25) is 0 Å². The van der Waals surface area contributed by atoms with Gasteiger partial charge >= 0.3 is 0 Å². The maximum absolute atomic E-state index is 5.01. The van der Waals surface area contributed by atoms with Gasteiger partial charge in [0, 0.05) is 7.11 Å². The molecule has 0 saturated heterocycles. The quantitative estimate of drug-likeness (QED) is 0.568. The summed E-state index contributed by atoms with van der Waals surface area (Å²) in [6.07, 6.45) is 7.79. The molecule has 0 saturated carbocycles. The molecular weight excluding hydrogens is 124 g/mol. The van der Waals surface area contributed by atoms with Crippen molar-refractivity contribution in [2.75, 3.05) is 13.7 Å². The van der Waals surface area contributed by atoms with Gasteiger partial charge in [0.15, 0.2) is 0 Å². The van der Waals surface area contributed by atoms with Gasteiger partial charge in [-0.15, -0.1) is 0 Å². The average molecular weight is 138 g/mol. The highest BCUT2D eigenvalue weighted by Gasteiger charge is 2.02. The van der Waals surface area contributed by atoms with Gasteiger partial charge in [0.1, 0.15) is 0 Å². The molecule has 0 radical (unpaired) electrons. The summed E-state index contributed by atoms with van der Waals surface area (Å²) in [5.74, 6) is 0.690. The van der Waals surface area contributed by atoms with E-state index in [0.717, 1.165) is 6.61 Å². The van der Waals surface area contributed by atoms with Gasteiger partial charge in [-0.25, -0.2) is 0 Å². The van der Waals surface area contributed by atoms with Crippen LogP contribution in [-0.4, -0.2) is 13.7 Å². The Morgan fingerprint density at radius 1 is 1.70 bits per heavy atom. The Hall–Kier alpha value is -0.560. The van der Waals surface area contributed by atoms with E-state index in [1.807, 2.05) is 0 Å². The van der Waals surface area contributed by atoms with Crippen molar-refractivity contribution in [3.63, 3.8) is 0 Å². The van der Waals surface area contributed by atoms with Gasteiger partial charge in [0.05, 0.1) is 6.61 Å². The lowest BCUT2D eigenvalue weighted by Gasteiger charge is -2.10. The smallest absolute Gasteiger partial charge is 0.0710 e. The van der Waals surface area contributed by atoms with Crippen LogP contribution in [-0.2, 0) is 4.74 Å². The van der Waals surface area contributed by atoms with Gasteiger partial charge in [0.25, 0.3) is 0 Å². The van der Waals surface area contributed by atoms with Crippen molar-refractivity contribution in [2.45, 2.75) is 13.3 Å². The molecule has 0 aliphatic heterocycles. The van der Waals surface area contributed by atoms with E-state index in [4.69, 9.17) is 4.74 Å². The minimum atomic E-state index is 0.690. The molecule has 0 aromatic heterocycles. The molecule has 56 valence electrons. The van der Waals surface area contributed by atoms with Gasteiger partial charge in [-0.2, -0.15) is 0 Å². The van der Waals surface area contributed by atoms with Crippen LogP contribution < -0.4 is 0 Å². The van der Waals surface area contributed by atoms with Gasteiger partial charge < -0.3 is 4.74 Å². The van der Waals surface area contributed by atoms with Crippen molar-refractivity contribution in [1.82, 2.24) is 0 Å². The van der Waals surface area contributed by atoms with Gasteiger partial charge in [-0.1, -0.05) is 25.2 Å². The van der Waals surface area contributed by atoms with E-state index >= 15 is 0 Å². The van der Waals surface area contributed by atoms with Crippen molar-refractivity contribution in [3.8, 4) is 0 Å². The molecule has 0 aromatic rings. The lowest BCUT2D eigenvalue weighted by atomic mass is 9.99. The fourth-order valence-electron chi connectivity index (χ4n) is 1.19. The standard InChI is InChI=1S/C9H14O/c1-8-4-3-5-9(6-8)7-10-2/h3,5-6,8H,4,7H2,1-2H3. The zero-order chi connectivity index (χ0) is 7.40. The summed E-state index contributed by atoms with van der Waals surface area (Å²) < 4.78 is 5.01. The van der Waals surface area contributed by atoms with Crippen molar-refractivity contribution in [3.05, 3.63) is 23.8 Å². The summed E-state index contributed by atoms with van der Waals surface area (Å²) in [6, 6.07) is 0. The Morgan fingerprint density at radius 2 is 2.50 bits per heavy atom. The second-order valence-corrected chi connectivity index (χ2v) is 2.79. The summed E-state index contributed by atoms with van der Waals surface area (Å²) in [6.45, 7) is 2.97. The Bertz CT molecular complexity index is 156. The first-order valence-corrected chi connectivity index (χ1v) is 3.69. The molecular formula is C9H14O. The molecule has 0 bridgehead atoms. The van der Waals surface area contributed by atoms with E-state index in [2.05, 4.69) is 25.2 Å². The van der Waals surface area contributed by atoms with Crippen molar-refractivity contribution < 1.29 is 4.74 Å². The Balaban J connectivity index is 2.49. The SMILES string of the molecule is COCC1=CC(C)CC=C1. The highest BCUT2D eigenvalue weighted by atomic mass is 16.5. The van der Waals surface area contributed by atoms with E-state index in [0.29, 0.717) is 5.92 Å². The molecule has 1 heteroatoms. The van der Waals surface area contributed by atoms with Crippen LogP contribution in [0.3, 0.4) is 0 Å². The number of rotatable bonds is 2. The molecule has 1 rings (SSSR count). The Kier molecular flexibility index (Phi) is 2.69. The third-order valence-corrected chi connectivity index (χ3v) is 1.65. The van der Waals surface area contributed by atoms with E-state index in [9.17, 15) is 0 Å². The minimum Gasteiger partial charge on any atom is -0.380 e. The molecule has 1 atom stereocenters. The topological polar surface area (TPSA) is 9.23 Å². The lowest BCUT2D eigenvalue weighted by molar-refractivity contribution is 0.227. The Morgan fingerprint density at radius 3 is 3.10 bits per heavy atom. The van der Waals surface area contributed by atoms with E-state index in [-0.39, 0.29) is 0 Å². The minimum absolute atomic E-state index is 0.690. The monoisotopic (exact) mass is 138 g/mol. The molecule has 1 aliphatic carbocycles. The summed E-state index contributed by atoms with van der Waals surface area (Å²) >= 11 is 0. The Labute approximate surface area is 62.4 Å². The first-order chi connectivity index (χ1) is 4.83. The summed E-state index contributed by atoms with van der Waals surface area (Å²) in [4.78, 5) is 0. The molecule has 0 heterocycles.